The highest BCUT2D eigenvalue weighted by atomic mass is 32.1. The van der Waals surface area contributed by atoms with E-state index < -0.39 is 12.1 Å². The zero-order chi connectivity index (χ0) is 31.5. The Morgan fingerprint density at radius 3 is 2.66 bits per heavy atom. The third kappa shape index (κ3) is 9.62. The molecule has 10 nitrogen and oxygen atoms in total. The molecule has 1 saturated heterocycles. The van der Waals surface area contributed by atoms with E-state index in [4.69, 9.17) is 4.74 Å². The van der Waals surface area contributed by atoms with E-state index in [1.165, 1.54) is 11.3 Å². The number of hydrogen-bond acceptors (Lipinski definition) is 8. The number of rotatable bonds is 14. The Morgan fingerprint density at radius 2 is 1.98 bits per heavy atom. The van der Waals surface area contributed by atoms with Crippen molar-refractivity contribution in [3.63, 3.8) is 0 Å². The maximum Gasteiger partial charge on any atom is 0.407 e. The van der Waals surface area contributed by atoms with Crippen LogP contribution in [0.3, 0.4) is 0 Å². The van der Waals surface area contributed by atoms with Crippen LogP contribution in [0.5, 0.6) is 0 Å². The highest BCUT2D eigenvalue weighted by Crippen LogP contribution is 2.23. The molecule has 4 amide bonds. The minimum absolute atomic E-state index is 0.161. The van der Waals surface area contributed by atoms with E-state index in [2.05, 4.69) is 41.0 Å². The molecule has 3 heterocycles. The van der Waals surface area contributed by atoms with Crippen LogP contribution < -0.4 is 10.6 Å². The lowest BCUT2D eigenvalue weighted by atomic mass is 9.99. The SMILES string of the molecule is C=CC(CCC(Cc1ccccc1)NC(=O)OCc1cncs1)NC(=O)C1CCCN1C(=O)N(C)Cc1csc(C(C)C)n1. The van der Waals surface area contributed by atoms with Gasteiger partial charge in [0.15, 0.2) is 0 Å². The van der Waals surface area contributed by atoms with E-state index in [1.807, 2.05) is 35.7 Å². The topological polar surface area (TPSA) is 117 Å². The number of alkyl carbamates (subject to hydrolysis) is 1. The molecule has 1 aliphatic heterocycles. The number of ether oxygens (including phenoxy) is 1. The summed E-state index contributed by atoms with van der Waals surface area (Å²) in [5, 5.41) is 9.11. The van der Waals surface area contributed by atoms with Crippen molar-refractivity contribution < 1.29 is 19.1 Å². The number of carbonyl (C=O) groups is 3. The molecular weight excluding hydrogens is 597 g/mol. The second kappa shape index (κ2) is 16.3. The van der Waals surface area contributed by atoms with Gasteiger partial charge in [-0.3, -0.25) is 9.78 Å². The third-order valence-electron chi connectivity index (χ3n) is 7.50. The molecule has 0 aliphatic carbocycles. The van der Waals surface area contributed by atoms with Gasteiger partial charge >= 0.3 is 12.1 Å². The fraction of sp³-hybridized carbons (Fsp3) is 0.469. The van der Waals surface area contributed by atoms with Crippen LogP contribution in [0, 0.1) is 0 Å². The Bertz CT molecular complexity index is 1360. The highest BCUT2D eigenvalue weighted by molar-refractivity contribution is 7.09. The lowest BCUT2D eigenvalue weighted by Crippen LogP contribution is -2.51. The first-order valence-electron chi connectivity index (χ1n) is 15.0. The Labute approximate surface area is 267 Å². The van der Waals surface area contributed by atoms with E-state index in [0.29, 0.717) is 44.7 Å². The molecule has 0 spiro atoms. The third-order valence-corrected chi connectivity index (χ3v) is 9.45. The summed E-state index contributed by atoms with van der Waals surface area (Å²) in [5.74, 6) is 0.146. The molecule has 0 radical (unpaired) electrons. The number of thiazole rings is 2. The fourth-order valence-electron chi connectivity index (χ4n) is 5.15. The average Bonchev–Trinajstić information content (AvgIpc) is 3.80. The summed E-state index contributed by atoms with van der Waals surface area (Å²) < 4.78 is 5.41. The van der Waals surface area contributed by atoms with Crippen molar-refractivity contribution in [2.45, 2.75) is 83.1 Å². The summed E-state index contributed by atoms with van der Waals surface area (Å²) in [4.78, 5) is 52.2. The van der Waals surface area contributed by atoms with Gasteiger partial charge < -0.3 is 25.2 Å². The summed E-state index contributed by atoms with van der Waals surface area (Å²) >= 11 is 3.03. The molecule has 3 aromatic rings. The second-order valence-corrected chi connectivity index (χ2v) is 13.2. The molecule has 12 heteroatoms. The Kier molecular flexibility index (Phi) is 12.3. The van der Waals surface area contributed by atoms with Gasteiger partial charge in [-0.05, 0) is 37.7 Å². The van der Waals surface area contributed by atoms with Crippen LogP contribution in [0.2, 0.25) is 0 Å². The summed E-state index contributed by atoms with van der Waals surface area (Å²) in [7, 11) is 1.75. The lowest BCUT2D eigenvalue weighted by molar-refractivity contribution is -0.125. The molecule has 3 atom stereocenters. The highest BCUT2D eigenvalue weighted by Gasteiger charge is 2.36. The smallest absolute Gasteiger partial charge is 0.407 e. The van der Waals surface area contributed by atoms with Crippen LogP contribution in [0.25, 0.3) is 0 Å². The van der Waals surface area contributed by atoms with E-state index in [9.17, 15) is 14.4 Å². The Hall–Kier alpha value is -3.77. The molecule has 44 heavy (non-hydrogen) atoms. The first-order valence-corrected chi connectivity index (χ1v) is 16.7. The van der Waals surface area contributed by atoms with Gasteiger partial charge in [-0.25, -0.2) is 14.6 Å². The van der Waals surface area contributed by atoms with Gasteiger partial charge in [-0.15, -0.1) is 29.3 Å². The van der Waals surface area contributed by atoms with E-state index in [-0.39, 0.29) is 30.6 Å². The summed E-state index contributed by atoms with van der Waals surface area (Å²) in [6.07, 6.45) is 6.01. The molecule has 3 unspecified atom stereocenters. The molecule has 2 aromatic heterocycles. The van der Waals surface area contributed by atoms with Crippen LogP contribution >= 0.6 is 22.7 Å². The van der Waals surface area contributed by atoms with Gasteiger partial charge in [0.25, 0.3) is 0 Å². The van der Waals surface area contributed by atoms with Crippen molar-refractivity contribution in [3.05, 3.63) is 81.2 Å². The molecule has 1 fully saturated rings. The molecule has 2 N–H and O–H groups in total. The van der Waals surface area contributed by atoms with Gasteiger partial charge in [0, 0.05) is 43.2 Å². The molecule has 236 valence electrons. The number of aromatic nitrogens is 2. The number of benzene rings is 1. The fourth-order valence-corrected chi connectivity index (χ4v) is 6.48. The second-order valence-electron chi connectivity index (χ2n) is 11.3. The van der Waals surface area contributed by atoms with E-state index >= 15 is 0 Å². The average molecular weight is 639 g/mol. The number of amides is 4. The molecule has 4 rings (SSSR count). The van der Waals surface area contributed by atoms with Gasteiger partial charge in [0.05, 0.1) is 27.6 Å². The van der Waals surface area contributed by atoms with Crippen molar-refractivity contribution in [1.82, 2.24) is 30.4 Å². The zero-order valence-electron chi connectivity index (χ0n) is 25.6. The number of urea groups is 1. The lowest BCUT2D eigenvalue weighted by Gasteiger charge is -2.30. The number of hydrogen-bond donors (Lipinski definition) is 2. The summed E-state index contributed by atoms with van der Waals surface area (Å²) in [5.41, 5.74) is 3.64. The van der Waals surface area contributed by atoms with Crippen molar-refractivity contribution in [1.29, 1.82) is 0 Å². The van der Waals surface area contributed by atoms with Crippen LogP contribution in [-0.4, -0.2) is 69.5 Å². The maximum atomic E-state index is 13.4. The summed E-state index contributed by atoms with van der Waals surface area (Å²) in [6, 6.07) is 8.65. The van der Waals surface area contributed by atoms with Gasteiger partial charge in [-0.2, -0.15) is 0 Å². The minimum Gasteiger partial charge on any atom is -0.444 e. The van der Waals surface area contributed by atoms with Crippen LogP contribution in [0.15, 0.2) is 60.1 Å². The molecule has 1 aliphatic rings. The van der Waals surface area contributed by atoms with Crippen molar-refractivity contribution in [3.8, 4) is 0 Å². The standard InChI is InChI=1S/C32H42N6O4S2/c1-5-24(13-14-25(16-23-10-7-6-8-11-23)36-31(40)42-19-27-17-33-21-44-27)34-29(39)28-12-9-15-38(28)32(41)37(4)18-26-20-43-30(35-26)22(2)3/h5-8,10-11,17,20-22,24-25,28H,1,9,12-16,18-19H2,2-4H3,(H,34,39)(H,36,40). The largest absolute Gasteiger partial charge is 0.444 e. The minimum atomic E-state index is -0.547. The molecular formula is C32H42N6O4S2. The van der Waals surface area contributed by atoms with Crippen molar-refractivity contribution in [2.24, 2.45) is 0 Å². The number of nitrogens with zero attached hydrogens (tertiary/aromatic N) is 4. The first kappa shape index (κ1) is 33.1. The molecule has 0 bridgehead atoms. The Balaban J connectivity index is 1.31. The quantitative estimate of drug-likeness (QED) is 0.218. The van der Waals surface area contributed by atoms with Gasteiger partial charge in [-0.1, -0.05) is 50.3 Å². The first-order chi connectivity index (χ1) is 21.2. The zero-order valence-corrected chi connectivity index (χ0v) is 27.2. The van der Waals surface area contributed by atoms with Crippen molar-refractivity contribution in [2.75, 3.05) is 13.6 Å². The normalized spacial score (nSPS) is 15.9. The predicted octanol–water partition coefficient (Wildman–Crippen LogP) is 5.73. The summed E-state index contributed by atoms with van der Waals surface area (Å²) in [6.45, 7) is 9.22. The van der Waals surface area contributed by atoms with E-state index in [0.717, 1.165) is 27.6 Å². The van der Waals surface area contributed by atoms with Crippen LogP contribution in [-0.2, 0) is 29.1 Å². The monoisotopic (exact) mass is 638 g/mol. The van der Waals surface area contributed by atoms with Crippen molar-refractivity contribution >= 4 is 40.7 Å². The number of carbonyl (C=O) groups excluding carboxylic acids is 3. The number of nitrogens with one attached hydrogen (secondary N) is 2. The Morgan fingerprint density at radius 1 is 1.18 bits per heavy atom. The molecule has 1 aromatic carbocycles. The van der Waals surface area contributed by atoms with Gasteiger partial charge in [0.2, 0.25) is 5.91 Å². The maximum absolute atomic E-state index is 13.4. The van der Waals surface area contributed by atoms with Crippen LogP contribution in [0.4, 0.5) is 9.59 Å². The number of likely N-dealkylation sites (tertiary alicyclic amines) is 1. The molecule has 0 saturated carbocycles. The van der Waals surface area contributed by atoms with E-state index in [1.54, 1.807) is 46.0 Å². The van der Waals surface area contributed by atoms with Crippen LogP contribution in [0.1, 0.15) is 66.6 Å². The predicted molar refractivity (Wildman–Crippen MR) is 174 cm³/mol. The van der Waals surface area contributed by atoms with Gasteiger partial charge in [0.1, 0.15) is 12.6 Å².